The fourth-order valence-electron chi connectivity index (χ4n) is 2.96. The lowest BCUT2D eigenvalue weighted by Crippen LogP contribution is -2.40. The highest BCUT2D eigenvalue weighted by Crippen LogP contribution is 2.27. The molecule has 4 nitrogen and oxygen atoms in total. The first-order valence-corrected chi connectivity index (χ1v) is 9.15. The molecule has 2 atom stereocenters. The van der Waals surface area contributed by atoms with Gasteiger partial charge in [-0.2, -0.15) is 0 Å². The number of aryl methyl sites for hydroxylation is 1. The second kappa shape index (κ2) is 6.79. The van der Waals surface area contributed by atoms with Crippen molar-refractivity contribution in [2.24, 2.45) is 5.92 Å². The van der Waals surface area contributed by atoms with E-state index in [1.165, 1.54) is 6.42 Å². The van der Waals surface area contributed by atoms with Crippen LogP contribution < -0.4 is 9.46 Å². The van der Waals surface area contributed by atoms with Gasteiger partial charge in [-0.25, -0.2) is 13.1 Å². The molecule has 2 rings (SSSR count). The van der Waals surface area contributed by atoms with Crippen molar-refractivity contribution in [3.8, 4) is 5.75 Å². The minimum atomic E-state index is -3.46. The number of rotatable bonds is 5. The Morgan fingerprint density at radius 1 is 1.29 bits per heavy atom. The molecule has 1 aliphatic carbocycles. The highest BCUT2D eigenvalue weighted by Gasteiger charge is 2.27. The summed E-state index contributed by atoms with van der Waals surface area (Å²) in [5, 5.41) is 0. The molecule has 1 fully saturated rings. The van der Waals surface area contributed by atoms with Crippen LogP contribution in [0.3, 0.4) is 0 Å². The van der Waals surface area contributed by atoms with Gasteiger partial charge in [-0.1, -0.05) is 26.7 Å². The topological polar surface area (TPSA) is 55.4 Å². The van der Waals surface area contributed by atoms with Gasteiger partial charge in [-0.3, -0.25) is 0 Å². The zero-order chi connectivity index (χ0) is 15.5. The molecule has 0 amide bonds. The van der Waals surface area contributed by atoms with Gasteiger partial charge in [-0.05, 0) is 48.9 Å². The van der Waals surface area contributed by atoms with Crippen LogP contribution in [0.5, 0.6) is 5.75 Å². The number of nitrogens with one attached hydrogen (secondary N) is 1. The Labute approximate surface area is 127 Å². The summed E-state index contributed by atoms with van der Waals surface area (Å²) in [6.07, 6.45) is 5.06. The summed E-state index contributed by atoms with van der Waals surface area (Å²) in [4.78, 5) is 0.331. The van der Waals surface area contributed by atoms with Crippen molar-refractivity contribution in [2.45, 2.75) is 56.9 Å². The monoisotopic (exact) mass is 311 g/mol. The van der Waals surface area contributed by atoms with Gasteiger partial charge in [0.25, 0.3) is 0 Å². The molecule has 21 heavy (non-hydrogen) atoms. The molecule has 0 saturated heterocycles. The highest BCUT2D eigenvalue weighted by molar-refractivity contribution is 7.89. The van der Waals surface area contributed by atoms with Crippen molar-refractivity contribution in [1.29, 1.82) is 0 Å². The second-order valence-electron chi connectivity index (χ2n) is 5.82. The summed E-state index contributed by atoms with van der Waals surface area (Å²) in [7, 11) is -1.85. The maximum absolute atomic E-state index is 12.6. The van der Waals surface area contributed by atoms with Crippen molar-refractivity contribution in [3.63, 3.8) is 0 Å². The van der Waals surface area contributed by atoms with E-state index in [0.717, 1.165) is 37.0 Å². The Balaban J connectivity index is 2.22. The first-order valence-electron chi connectivity index (χ1n) is 7.67. The molecule has 1 aromatic carbocycles. The van der Waals surface area contributed by atoms with Crippen LogP contribution in [-0.2, 0) is 16.4 Å². The van der Waals surface area contributed by atoms with Gasteiger partial charge < -0.3 is 4.74 Å². The van der Waals surface area contributed by atoms with Gasteiger partial charge in [0.05, 0.1) is 12.0 Å². The van der Waals surface area contributed by atoms with Crippen molar-refractivity contribution in [2.75, 3.05) is 7.11 Å². The Morgan fingerprint density at radius 2 is 2.00 bits per heavy atom. The largest absolute Gasteiger partial charge is 0.496 e. The predicted octanol–water partition coefficient (Wildman–Crippen LogP) is 3.11. The molecular weight excluding hydrogens is 286 g/mol. The van der Waals surface area contributed by atoms with Gasteiger partial charge in [0.2, 0.25) is 10.0 Å². The smallest absolute Gasteiger partial charge is 0.240 e. The lowest BCUT2D eigenvalue weighted by Gasteiger charge is -2.29. The van der Waals surface area contributed by atoms with Crippen LogP contribution in [0.1, 0.15) is 45.1 Å². The molecule has 0 spiro atoms. The fraction of sp³-hybridized carbons (Fsp3) is 0.625. The molecule has 1 saturated carbocycles. The van der Waals surface area contributed by atoms with Crippen LogP contribution in [-0.4, -0.2) is 21.6 Å². The third-order valence-corrected chi connectivity index (χ3v) is 5.85. The van der Waals surface area contributed by atoms with E-state index >= 15 is 0 Å². The van der Waals surface area contributed by atoms with E-state index in [-0.39, 0.29) is 6.04 Å². The van der Waals surface area contributed by atoms with Crippen LogP contribution in [0.4, 0.5) is 0 Å². The second-order valence-corrected chi connectivity index (χ2v) is 7.53. The Hall–Kier alpha value is -1.07. The summed E-state index contributed by atoms with van der Waals surface area (Å²) in [6.45, 7) is 4.11. The molecule has 1 aliphatic rings. The van der Waals surface area contributed by atoms with Gasteiger partial charge >= 0.3 is 0 Å². The zero-order valence-corrected chi connectivity index (χ0v) is 13.9. The number of methoxy groups -OCH3 is 1. The van der Waals surface area contributed by atoms with Crippen LogP contribution >= 0.6 is 0 Å². The standard InChI is InChI=1S/C16H25NO3S/c1-4-13-11-14(9-10-16(13)20-3)21(18,19)17-15-8-6-5-7-12(15)2/h9-12,15,17H,4-8H2,1-3H3/t12-,15+/m1/s1. The molecular formula is C16H25NO3S. The summed E-state index contributed by atoms with van der Waals surface area (Å²) < 4.78 is 33.3. The van der Waals surface area contributed by atoms with Gasteiger partial charge in [-0.15, -0.1) is 0 Å². The lowest BCUT2D eigenvalue weighted by molar-refractivity contribution is 0.310. The summed E-state index contributed by atoms with van der Waals surface area (Å²) in [5.74, 6) is 1.14. The fourth-order valence-corrected chi connectivity index (χ4v) is 4.39. The third kappa shape index (κ3) is 3.77. The molecule has 0 unspecified atom stereocenters. The van der Waals surface area contributed by atoms with Crippen LogP contribution in [0.25, 0.3) is 0 Å². The number of sulfonamides is 1. The molecule has 5 heteroatoms. The van der Waals surface area contributed by atoms with Crippen molar-refractivity contribution in [3.05, 3.63) is 23.8 Å². The van der Waals surface area contributed by atoms with E-state index in [2.05, 4.69) is 11.6 Å². The Kier molecular flexibility index (Phi) is 5.27. The van der Waals surface area contributed by atoms with Crippen LogP contribution in [0, 0.1) is 5.92 Å². The van der Waals surface area contributed by atoms with E-state index in [1.54, 1.807) is 25.3 Å². The quantitative estimate of drug-likeness (QED) is 0.909. The molecule has 1 aromatic rings. The normalized spacial score (nSPS) is 23.0. The molecule has 0 aromatic heterocycles. The number of hydrogen-bond donors (Lipinski definition) is 1. The number of hydrogen-bond acceptors (Lipinski definition) is 3. The Morgan fingerprint density at radius 3 is 2.62 bits per heavy atom. The molecule has 0 bridgehead atoms. The van der Waals surface area contributed by atoms with Gasteiger partial charge in [0.1, 0.15) is 5.75 Å². The van der Waals surface area contributed by atoms with Gasteiger partial charge in [0, 0.05) is 6.04 Å². The third-order valence-electron chi connectivity index (χ3n) is 4.36. The van der Waals surface area contributed by atoms with E-state index in [0.29, 0.717) is 10.8 Å². The highest BCUT2D eigenvalue weighted by atomic mass is 32.2. The molecule has 0 radical (unpaired) electrons. The first kappa shape index (κ1) is 16.3. The number of ether oxygens (including phenoxy) is 1. The van der Waals surface area contributed by atoms with Crippen molar-refractivity contribution < 1.29 is 13.2 Å². The summed E-state index contributed by atoms with van der Waals surface area (Å²) in [6, 6.07) is 5.12. The minimum absolute atomic E-state index is 0.0518. The molecule has 118 valence electrons. The van der Waals surface area contributed by atoms with E-state index in [4.69, 9.17) is 4.74 Å². The molecule has 0 heterocycles. The van der Waals surface area contributed by atoms with Crippen LogP contribution in [0.2, 0.25) is 0 Å². The van der Waals surface area contributed by atoms with E-state index in [9.17, 15) is 8.42 Å². The minimum Gasteiger partial charge on any atom is -0.496 e. The lowest BCUT2D eigenvalue weighted by atomic mass is 9.87. The average Bonchev–Trinajstić information content (AvgIpc) is 2.48. The van der Waals surface area contributed by atoms with Crippen LogP contribution in [0.15, 0.2) is 23.1 Å². The summed E-state index contributed by atoms with van der Waals surface area (Å²) >= 11 is 0. The summed E-state index contributed by atoms with van der Waals surface area (Å²) in [5.41, 5.74) is 0.914. The first-order chi connectivity index (χ1) is 9.97. The van der Waals surface area contributed by atoms with E-state index < -0.39 is 10.0 Å². The van der Waals surface area contributed by atoms with E-state index in [1.807, 2.05) is 6.92 Å². The predicted molar refractivity (Wildman–Crippen MR) is 84.1 cm³/mol. The molecule has 1 N–H and O–H groups in total. The maximum atomic E-state index is 12.6. The maximum Gasteiger partial charge on any atom is 0.240 e. The van der Waals surface area contributed by atoms with Gasteiger partial charge in [0.15, 0.2) is 0 Å². The average molecular weight is 311 g/mol. The SMILES string of the molecule is CCc1cc(S(=O)(=O)N[C@H]2CCCC[C@H]2C)ccc1OC. The number of benzene rings is 1. The molecule has 0 aliphatic heterocycles. The van der Waals surface area contributed by atoms with Crippen molar-refractivity contribution >= 4 is 10.0 Å². The Bertz CT molecular complexity index is 583. The van der Waals surface area contributed by atoms with Crippen molar-refractivity contribution in [1.82, 2.24) is 4.72 Å². The zero-order valence-electron chi connectivity index (χ0n) is 13.1.